The van der Waals surface area contributed by atoms with Crippen LogP contribution in [-0.2, 0) is 0 Å². The zero-order chi connectivity index (χ0) is 10.7. The van der Waals surface area contributed by atoms with E-state index in [4.69, 9.17) is 16.3 Å². The highest BCUT2D eigenvalue weighted by molar-refractivity contribution is 6.29. The van der Waals surface area contributed by atoms with Gasteiger partial charge in [0.15, 0.2) is 5.75 Å². The van der Waals surface area contributed by atoms with Crippen LogP contribution in [0, 0.1) is 5.95 Å². The Labute approximate surface area is 105 Å². The molecule has 1 aliphatic rings. The third kappa shape index (κ3) is 3.47. The molecule has 1 unspecified atom stereocenters. The van der Waals surface area contributed by atoms with Gasteiger partial charge in [0.05, 0.1) is 0 Å². The number of pyridine rings is 1. The van der Waals surface area contributed by atoms with E-state index in [1.807, 2.05) is 0 Å². The fourth-order valence-corrected chi connectivity index (χ4v) is 1.73. The molecular formula is C10H13Cl2FN2O. The van der Waals surface area contributed by atoms with Crippen LogP contribution in [0.5, 0.6) is 5.75 Å². The molecule has 0 bridgehead atoms. The zero-order valence-electron chi connectivity index (χ0n) is 8.58. The molecule has 1 N–H and O–H groups in total. The van der Waals surface area contributed by atoms with Gasteiger partial charge in [0.25, 0.3) is 5.95 Å². The lowest BCUT2D eigenvalue weighted by Crippen LogP contribution is -2.28. The predicted molar refractivity (Wildman–Crippen MR) is 63.0 cm³/mol. The maximum absolute atomic E-state index is 13.2. The van der Waals surface area contributed by atoms with Crippen LogP contribution in [0.15, 0.2) is 12.1 Å². The molecule has 1 aromatic heterocycles. The Bertz CT molecular complexity index is 346. The monoisotopic (exact) mass is 266 g/mol. The summed E-state index contributed by atoms with van der Waals surface area (Å²) in [4.78, 5) is 3.47. The van der Waals surface area contributed by atoms with Crippen molar-refractivity contribution in [3.8, 4) is 5.75 Å². The lowest BCUT2D eigenvalue weighted by Gasteiger charge is -2.11. The van der Waals surface area contributed by atoms with Crippen molar-refractivity contribution >= 4 is 24.0 Å². The third-order valence-corrected chi connectivity index (χ3v) is 2.59. The predicted octanol–water partition coefficient (Wildman–Crippen LogP) is 2.43. The van der Waals surface area contributed by atoms with Crippen LogP contribution < -0.4 is 10.1 Å². The van der Waals surface area contributed by atoms with Crippen LogP contribution >= 0.6 is 24.0 Å². The van der Waals surface area contributed by atoms with Gasteiger partial charge in [0.2, 0.25) is 0 Å². The molecule has 2 rings (SSSR count). The van der Waals surface area contributed by atoms with E-state index in [-0.39, 0.29) is 23.3 Å². The third-order valence-electron chi connectivity index (χ3n) is 2.38. The first-order chi connectivity index (χ1) is 7.25. The molecule has 6 heteroatoms. The molecule has 1 fully saturated rings. The average Bonchev–Trinajstić information content (AvgIpc) is 2.69. The highest BCUT2D eigenvalue weighted by atomic mass is 35.5. The molecule has 0 saturated carbocycles. The first-order valence-corrected chi connectivity index (χ1v) is 5.32. The largest absolute Gasteiger partial charge is 0.487 e. The van der Waals surface area contributed by atoms with Gasteiger partial charge in [-0.1, -0.05) is 11.6 Å². The lowest BCUT2D eigenvalue weighted by molar-refractivity contribution is 0.262. The summed E-state index contributed by atoms with van der Waals surface area (Å²) in [6.45, 7) is 1.48. The fourth-order valence-electron chi connectivity index (χ4n) is 1.60. The molecule has 0 aromatic carbocycles. The highest BCUT2D eigenvalue weighted by Gasteiger charge is 2.15. The van der Waals surface area contributed by atoms with Crippen molar-refractivity contribution in [3.05, 3.63) is 23.2 Å². The van der Waals surface area contributed by atoms with Gasteiger partial charge in [0, 0.05) is 6.04 Å². The molecule has 0 aliphatic carbocycles. The van der Waals surface area contributed by atoms with Gasteiger partial charge in [0.1, 0.15) is 11.8 Å². The second kappa shape index (κ2) is 6.23. The minimum atomic E-state index is -0.652. The minimum absolute atomic E-state index is 0. The molecule has 1 aromatic rings. The minimum Gasteiger partial charge on any atom is -0.487 e. The first kappa shape index (κ1) is 13.5. The van der Waals surface area contributed by atoms with Crippen molar-refractivity contribution in [3.63, 3.8) is 0 Å². The standard InChI is InChI=1S/C10H12ClFN2O.ClH/c11-9-4-3-8(10(12)14-9)15-6-7-2-1-5-13-7;/h3-4,7,13H,1-2,5-6H2;1H. The summed E-state index contributed by atoms with van der Waals surface area (Å²) in [7, 11) is 0. The molecule has 1 saturated heterocycles. The van der Waals surface area contributed by atoms with Crippen molar-refractivity contribution in [1.82, 2.24) is 10.3 Å². The quantitative estimate of drug-likeness (QED) is 0.854. The van der Waals surface area contributed by atoms with Crippen molar-refractivity contribution in [2.24, 2.45) is 0 Å². The number of aromatic nitrogens is 1. The van der Waals surface area contributed by atoms with Gasteiger partial charge in [-0.2, -0.15) is 4.39 Å². The Kier molecular flexibility index (Phi) is 5.25. The zero-order valence-corrected chi connectivity index (χ0v) is 10.2. The van der Waals surface area contributed by atoms with E-state index in [1.54, 1.807) is 0 Å². The number of ether oxygens (including phenoxy) is 1. The van der Waals surface area contributed by atoms with Gasteiger partial charge in [-0.15, -0.1) is 12.4 Å². The van der Waals surface area contributed by atoms with Crippen molar-refractivity contribution in [2.75, 3.05) is 13.2 Å². The molecule has 0 radical (unpaired) electrons. The maximum atomic E-state index is 13.2. The molecular weight excluding hydrogens is 254 g/mol. The summed E-state index contributed by atoms with van der Waals surface area (Å²) in [5, 5.41) is 3.40. The SMILES string of the molecule is Cl.Fc1nc(Cl)ccc1OCC1CCCN1. The summed E-state index contributed by atoms with van der Waals surface area (Å²) in [6.07, 6.45) is 2.22. The summed E-state index contributed by atoms with van der Waals surface area (Å²) in [5.41, 5.74) is 0. The maximum Gasteiger partial charge on any atom is 0.256 e. The molecule has 0 spiro atoms. The molecule has 1 aliphatic heterocycles. The Morgan fingerprint density at radius 1 is 1.56 bits per heavy atom. The Balaban J connectivity index is 0.00000128. The van der Waals surface area contributed by atoms with E-state index in [1.165, 1.54) is 12.1 Å². The van der Waals surface area contributed by atoms with Crippen LogP contribution in [0.3, 0.4) is 0 Å². The van der Waals surface area contributed by atoms with Crippen LogP contribution in [0.2, 0.25) is 5.15 Å². The molecule has 3 nitrogen and oxygen atoms in total. The highest BCUT2D eigenvalue weighted by Crippen LogP contribution is 2.18. The normalized spacial score (nSPS) is 19.2. The van der Waals surface area contributed by atoms with Crippen molar-refractivity contribution in [2.45, 2.75) is 18.9 Å². The van der Waals surface area contributed by atoms with Gasteiger partial charge in [-0.25, -0.2) is 4.98 Å². The second-order valence-electron chi connectivity index (χ2n) is 3.53. The van der Waals surface area contributed by atoms with Crippen molar-refractivity contribution in [1.29, 1.82) is 0 Å². The molecule has 0 amide bonds. The summed E-state index contributed by atoms with van der Waals surface area (Å²) < 4.78 is 18.5. The number of nitrogens with zero attached hydrogens (tertiary/aromatic N) is 1. The van der Waals surface area contributed by atoms with E-state index in [0.717, 1.165) is 19.4 Å². The number of halogens is 3. The summed E-state index contributed by atoms with van der Waals surface area (Å²) in [6, 6.07) is 3.34. The molecule has 16 heavy (non-hydrogen) atoms. The van der Waals surface area contributed by atoms with E-state index in [2.05, 4.69) is 10.3 Å². The Morgan fingerprint density at radius 2 is 2.38 bits per heavy atom. The van der Waals surface area contributed by atoms with E-state index >= 15 is 0 Å². The number of hydrogen-bond donors (Lipinski definition) is 1. The van der Waals surface area contributed by atoms with Gasteiger partial charge in [-0.3, -0.25) is 0 Å². The molecule has 1 atom stereocenters. The van der Waals surface area contributed by atoms with Crippen molar-refractivity contribution < 1.29 is 9.13 Å². The second-order valence-corrected chi connectivity index (χ2v) is 3.91. The summed E-state index contributed by atoms with van der Waals surface area (Å²) in [5.74, 6) is -0.492. The Hall–Kier alpha value is -0.580. The van der Waals surface area contributed by atoms with Gasteiger partial charge >= 0.3 is 0 Å². The number of nitrogens with one attached hydrogen (secondary N) is 1. The lowest BCUT2D eigenvalue weighted by atomic mass is 10.2. The van der Waals surface area contributed by atoms with Crippen LogP contribution in [0.1, 0.15) is 12.8 Å². The first-order valence-electron chi connectivity index (χ1n) is 4.94. The number of hydrogen-bond acceptors (Lipinski definition) is 3. The smallest absolute Gasteiger partial charge is 0.256 e. The van der Waals surface area contributed by atoms with Crippen LogP contribution in [-0.4, -0.2) is 24.2 Å². The van der Waals surface area contributed by atoms with E-state index in [9.17, 15) is 4.39 Å². The molecule has 90 valence electrons. The van der Waals surface area contributed by atoms with Crippen LogP contribution in [0.4, 0.5) is 4.39 Å². The van der Waals surface area contributed by atoms with Gasteiger partial charge in [-0.05, 0) is 31.5 Å². The Morgan fingerprint density at radius 3 is 3.00 bits per heavy atom. The average molecular weight is 267 g/mol. The number of rotatable bonds is 3. The topological polar surface area (TPSA) is 34.1 Å². The van der Waals surface area contributed by atoms with Gasteiger partial charge < -0.3 is 10.1 Å². The van der Waals surface area contributed by atoms with E-state index < -0.39 is 5.95 Å². The van der Waals surface area contributed by atoms with Crippen LogP contribution in [0.25, 0.3) is 0 Å². The van der Waals surface area contributed by atoms with E-state index in [0.29, 0.717) is 12.6 Å². The molecule has 2 heterocycles. The summed E-state index contributed by atoms with van der Waals surface area (Å²) >= 11 is 5.53. The fraction of sp³-hybridized carbons (Fsp3) is 0.500.